The standard InChI is InChI=1S/C19H11ClFNO3S/c20-17-14(11-7-6-10(23)8-12(11)21)15-16(24)13(9-4-2-1-3-5-9)18(25)22-19(15)26-17/h1-8,23H,(H2,22,24,25). The largest absolute Gasteiger partial charge is 0.508 e. The fourth-order valence-electron chi connectivity index (χ4n) is 2.94. The van der Waals surface area contributed by atoms with Crippen LogP contribution in [0.25, 0.3) is 32.5 Å². The number of aromatic amines is 1. The zero-order valence-electron chi connectivity index (χ0n) is 13.1. The van der Waals surface area contributed by atoms with Crippen LogP contribution in [-0.4, -0.2) is 15.2 Å². The average Bonchev–Trinajstić information content (AvgIpc) is 2.92. The Hall–Kier alpha value is -2.83. The smallest absolute Gasteiger partial charge is 0.260 e. The third kappa shape index (κ3) is 2.55. The Labute approximate surface area is 155 Å². The number of phenols is 1. The number of nitrogens with one attached hydrogen (secondary N) is 1. The molecule has 0 atom stereocenters. The van der Waals surface area contributed by atoms with Crippen molar-refractivity contribution in [3.8, 4) is 33.8 Å². The molecule has 0 spiro atoms. The number of aromatic hydroxyl groups is 2. The second-order valence-corrected chi connectivity index (χ2v) is 7.29. The number of thiophene rings is 1. The molecule has 0 unspecified atom stereocenters. The van der Waals surface area contributed by atoms with Crippen molar-refractivity contribution in [3.63, 3.8) is 0 Å². The molecule has 0 amide bonds. The van der Waals surface area contributed by atoms with Crippen LogP contribution in [0.1, 0.15) is 0 Å². The number of pyridine rings is 1. The zero-order chi connectivity index (χ0) is 18.4. The van der Waals surface area contributed by atoms with Crippen LogP contribution in [0.3, 0.4) is 0 Å². The van der Waals surface area contributed by atoms with Crippen LogP contribution in [0.4, 0.5) is 4.39 Å². The Morgan fingerprint density at radius 3 is 2.46 bits per heavy atom. The van der Waals surface area contributed by atoms with E-state index in [-0.39, 0.29) is 37.9 Å². The summed E-state index contributed by atoms with van der Waals surface area (Å²) in [6.07, 6.45) is 0. The van der Waals surface area contributed by atoms with Gasteiger partial charge in [0.15, 0.2) is 0 Å². The molecular formula is C19H11ClFNO3S. The van der Waals surface area contributed by atoms with Crippen molar-refractivity contribution in [1.82, 2.24) is 4.98 Å². The molecule has 2 aromatic heterocycles. The van der Waals surface area contributed by atoms with Crippen LogP contribution >= 0.6 is 22.9 Å². The van der Waals surface area contributed by atoms with Gasteiger partial charge in [-0.25, -0.2) is 4.39 Å². The summed E-state index contributed by atoms with van der Waals surface area (Å²) in [6.45, 7) is 0. The van der Waals surface area contributed by atoms with Crippen LogP contribution in [0.2, 0.25) is 4.34 Å². The van der Waals surface area contributed by atoms with Crippen LogP contribution in [-0.2, 0) is 0 Å². The number of hydrogen-bond acceptors (Lipinski definition) is 4. The van der Waals surface area contributed by atoms with Gasteiger partial charge < -0.3 is 15.2 Å². The molecule has 0 aliphatic rings. The van der Waals surface area contributed by atoms with Gasteiger partial charge in [0.2, 0.25) is 0 Å². The third-order valence-corrected chi connectivity index (χ3v) is 5.39. The van der Waals surface area contributed by atoms with Crippen molar-refractivity contribution in [3.05, 3.63) is 69.0 Å². The van der Waals surface area contributed by atoms with Gasteiger partial charge in [0.05, 0.1) is 10.9 Å². The van der Waals surface area contributed by atoms with Gasteiger partial charge in [-0.3, -0.25) is 4.79 Å². The number of rotatable bonds is 2. The van der Waals surface area contributed by atoms with Crippen LogP contribution < -0.4 is 5.56 Å². The quantitative estimate of drug-likeness (QED) is 0.446. The molecule has 0 saturated heterocycles. The van der Waals surface area contributed by atoms with E-state index in [1.54, 1.807) is 30.3 Å². The molecule has 0 radical (unpaired) electrons. The van der Waals surface area contributed by atoms with Crippen molar-refractivity contribution in [1.29, 1.82) is 0 Å². The van der Waals surface area contributed by atoms with Crippen molar-refractivity contribution < 1.29 is 14.6 Å². The molecule has 4 aromatic rings. The Balaban J connectivity index is 2.10. The minimum absolute atomic E-state index is 0.0907. The molecular weight excluding hydrogens is 377 g/mol. The maximum Gasteiger partial charge on any atom is 0.260 e. The molecule has 0 bridgehead atoms. The average molecular weight is 388 g/mol. The number of hydrogen-bond donors (Lipinski definition) is 3. The number of phenolic OH excluding ortho intramolecular Hbond substituents is 1. The number of benzene rings is 2. The molecule has 130 valence electrons. The van der Waals surface area contributed by atoms with Gasteiger partial charge in [0.1, 0.15) is 26.5 Å². The lowest BCUT2D eigenvalue weighted by molar-refractivity contribution is 0.469. The Kier molecular flexibility index (Phi) is 3.94. The van der Waals surface area contributed by atoms with Crippen LogP contribution in [0, 0.1) is 5.82 Å². The van der Waals surface area contributed by atoms with E-state index in [1.165, 1.54) is 12.1 Å². The second-order valence-electron chi connectivity index (χ2n) is 5.66. The fourth-order valence-corrected chi connectivity index (χ4v) is 4.30. The normalized spacial score (nSPS) is 11.2. The molecule has 0 aliphatic carbocycles. The molecule has 2 aromatic carbocycles. The number of H-pyrrole nitrogens is 1. The molecule has 26 heavy (non-hydrogen) atoms. The van der Waals surface area contributed by atoms with Crippen molar-refractivity contribution in [2.75, 3.05) is 0 Å². The lowest BCUT2D eigenvalue weighted by Crippen LogP contribution is -2.08. The molecule has 0 fully saturated rings. The van der Waals surface area contributed by atoms with E-state index in [0.29, 0.717) is 10.4 Å². The monoisotopic (exact) mass is 387 g/mol. The molecule has 2 heterocycles. The molecule has 0 aliphatic heterocycles. The van der Waals surface area contributed by atoms with E-state index < -0.39 is 11.4 Å². The van der Waals surface area contributed by atoms with Gasteiger partial charge in [-0.15, -0.1) is 11.3 Å². The molecule has 0 saturated carbocycles. The second kappa shape index (κ2) is 6.16. The Morgan fingerprint density at radius 1 is 1.04 bits per heavy atom. The van der Waals surface area contributed by atoms with Crippen LogP contribution in [0.15, 0.2) is 53.3 Å². The minimum Gasteiger partial charge on any atom is -0.508 e. The lowest BCUT2D eigenvalue weighted by Gasteiger charge is -2.08. The minimum atomic E-state index is -0.682. The van der Waals surface area contributed by atoms with E-state index in [4.69, 9.17) is 11.6 Å². The van der Waals surface area contributed by atoms with E-state index in [1.807, 2.05) is 0 Å². The van der Waals surface area contributed by atoms with E-state index >= 15 is 0 Å². The molecule has 4 nitrogen and oxygen atoms in total. The highest BCUT2D eigenvalue weighted by Gasteiger charge is 2.23. The van der Waals surface area contributed by atoms with Crippen molar-refractivity contribution >= 4 is 33.2 Å². The van der Waals surface area contributed by atoms with Gasteiger partial charge in [-0.05, 0) is 17.7 Å². The summed E-state index contributed by atoms with van der Waals surface area (Å²) in [5, 5.41) is 20.5. The molecule has 7 heteroatoms. The summed E-state index contributed by atoms with van der Waals surface area (Å²) in [4.78, 5) is 15.5. The predicted octanol–water partition coefficient (Wildman–Crippen LogP) is 5.13. The lowest BCUT2D eigenvalue weighted by atomic mass is 10.00. The number of aromatic nitrogens is 1. The topological polar surface area (TPSA) is 73.3 Å². The molecule has 4 rings (SSSR count). The summed E-state index contributed by atoms with van der Waals surface area (Å²) < 4.78 is 14.6. The highest BCUT2D eigenvalue weighted by molar-refractivity contribution is 7.23. The summed E-state index contributed by atoms with van der Waals surface area (Å²) in [7, 11) is 0. The summed E-state index contributed by atoms with van der Waals surface area (Å²) in [6, 6.07) is 12.4. The fraction of sp³-hybridized carbons (Fsp3) is 0. The number of halogens is 2. The Bertz CT molecular complexity index is 1200. The first kappa shape index (κ1) is 16.6. The first-order chi connectivity index (χ1) is 12.5. The maximum absolute atomic E-state index is 14.4. The van der Waals surface area contributed by atoms with Crippen molar-refractivity contribution in [2.24, 2.45) is 0 Å². The highest BCUT2D eigenvalue weighted by atomic mass is 35.5. The summed E-state index contributed by atoms with van der Waals surface area (Å²) in [5.41, 5.74) is 0.563. The Morgan fingerprint density at radius 2 is 1.77 bits per heavy atom. The highest BCUT2D eigenvalue weighted by Crippen LogP contribution is 2.47. The predicted molar refractivity (Wildman–Crippen MR) is 102 cm³/mol. The van der Waals surface area contributed by atoms with Gasteiger partial charge >= 0.3 is 0 Å². The van der Waals surface area contributed by atoms with Gasteiger partial charge in [-0.1, -0.05) is 41.9 Å². The maximum atomic E-state index is 14.4. The first-order valence-electron chi connectivity index (χ1n) is 7.59. The summed E-state index contributed by atoms with van der Waals surface area (Å²) in [5.74, 6) is -1.16. The molecule has 3 N–H and O–H groups in total. The van der Waals surface area contributed by atoms with E-state index in [0.717, 1.165) is 17.4 Å². The number of fused-ring (bicyclic) bond motifs is 1. The van der Waals surface area contributed by atoms with Gasteiger partial charge in [-0.2, -0.15) is 0 Å². The zero-order valence-corrected chi connectivity index (χ0v) is 14.7. The van der Waals surface area contributed by atoms with Crippen LogP contribution in [0.5, 0.6) is 11.5 Å². The van der Waals surface area contributed by atoms with Gasteiger partial charge in [0.25, 0.3) is 5.56 Å². The summed E-state index contributed by atoms with van der Waals surface area (Å²) >= 11 is 7.33. The van der Waals surface area contributed by atoms with E-state index in [2.05, 4.69) is 4.98 Å². The SMILES string of the molecule is O=c1[nH]c2sc(Cl)c(-c3ccc(O)cc3F)c2c(O)c1-c1ccccc1. The third-order valence-electron chi connectivity index (χ3n) is 4.08. The van der Waals surface area contributed by atoms with Gasteiger partial charge in [0, 0.05) is 17.2 Å². The van der Waals surface area contributed by atoms with E-state index in [9.17, 15) is 19.4 Å². The first-order valence-corrected chi connectivity index (χ1v) is 8.78. The van der Waals surface area contributed by atoms with Crippen molar-refractivity contribution in [2.45, 2.75) is 0 Å².